The Morgan fingerprint density at radius 1 is 1.58 bits per heavy atom. The van der Waals surface area contributed by atoms with Crippen LogP contribution in [-0.4, -0.2) is 47.5 Å². The summed E-state index contributed by atoms with van der Waals surface area (Å²) in [5.74, 6) is -1.25. The molecule has 0 aliphatic rings. The van der Waals surface area contributed by atoms with Crippen LogP contribution in [0.4, 0.5) is 11.4 Å². The van der Waals surface area contributed by atoms with E-state index in [1.54, 1.807) is 0 Å². The molecule has 0 saturated carbocycles. The zero-order valence-corrected chi connectivity index (χ0v) is 10.2. The Bertz CT molecular complexity index is 476. The minimum atomic E-state index is -1.25. The maximum Gasteiger partial charge on any atom is 0.335 e. The summed E-state index contributed by atoms with van der Waals surface area (Å²) in [5.41, 5.74) is -0.412. The van der Waals surface area contributed by atoms with Gasteiger partial charge in [0.2, 0.25) is 0 Å². The van der Waals surface area contributed by atoms with Crippen LogP contribution in [0, 0.1) is 10.1 Å². The number of hydrogen-bond donors (Lipinski definition) is 3. The second-order valence-corrected chi connectivity index (χ2v) is 3.77. The normalized spacial score (nSPS) is 11.9. The minimum Gasteiger partial charge on any atom is -0.478 e. The first-order valence-corrected chi connectivity index (χ1v) is 5.37. The van der Waals surface area contributed by atoms with Crippen LogP contribution >= 0.6 is 0 Å². The van der Waals surface area contributed by atoms with E-state index in [4.69, 9.17) is 14.9 Å². The lowest BCUT2D eigenvalue weighted by atomic mass is 10.1. The fraction of sp³-hybridized carbons (Fsp3) is 0.364. The molecule has 0 saturated heterocycles. The highest BCUT2D eigenvalue weighted by Crippen LogP contribution is 2.26. The summed E-state index contributed by atoms with van der Waals surface area (Å²) in [5, 5.41) is 31.5. The molecule has 0 heterocycles. The van der Waals surface area contributed by atoms with Gasteiger partial charge in [0.05, 0.1) is 29.7 Å². The molecule has 104 valence electrons. The number of carboxylic acid groups (broad SMARTS) is 1. The Morgan fingerprint density at radius 2 is 2.26 bits per heavy atom. The number of rotatable bonds is 7. The van der Waals surface area contributed by atoms with Crippen molar-refractivity contribution in [2.45, 2.75) is 6.04 Å². The Labute approximate surface area is 108 Å². The molecule has 0 amide bonds. The maximum atomic E-state index is 10.9. The third kappa shape index (κ3) is 3.90. The number of nitrogens with zero attached hydrogens (tertiary/aromatic N) is 1. The van der Waals surface area contributed by atoms with Crippen molar-refractivity contribution in [3.63, 3.8) is 0 Å². The maximum absolute atomic E-state index is 10.9. The van der Waals surface area contributed by atoms with Crippen molar-refractivity contribution in [3.05, 3.63) is 33.9 Å². The van der Waals surface area contributed by atoms with Gasteiger partial charge in [-0.05, 0) is 12.1 Å². The van der Waals surface area contributed by atoms with E-state index in [-0.39, 0.29) is 30.2 Å². The van der Waals surface area contributed by atoms with Crippen LogP contribution in [0.2, 0.25) is 0 Å². The Balaban J connectivity index is 3.06. The summed E-state index contributed by atoms with van der Waals surface area (Å²) in [6.45, 7) is -0.111. The number of anilines is 1. The molecule has 0 radical (unpaired) electrons. The third-order valence-corrected chi connectivity index (χ3v) is 2.39. The van der Waals surface area contributed by atoms with Crippen LogP contribution < -0.4 is 5.32 Å². The number of nitro groups is 1. The van der Waals surface area contributed by atoms with Gasteiger partial charge in [0, 0.05) is 13.2 Å². The topological polar surface area (TPSA) is 122 Å². The lowest BCUT2D eigenvalue weighted by molar-refractivity contribution is -0.384. The van der Waals surface area contributed by atoms with Gasteiger partial charge in [-0.2, -0.15) is 0 Å². The van der Waals surface area contributed by atoms with Crippen molar-refractivity contribution in [2.75, 3.05) is 25.6 Å². The van der Waals surface area contributed by atoms with Crippen molar-refractivity contribution in [1.29, 1.82) is 0 Å². The zero-order chi connectivity index (χ0) is 14.4. The van der Waals surface area contributed by atoms with Crippen LogP contribution in [0.15, 0.2) is 18.2 Å². The summed E-state index contributed by atoms with van der Waals surface area (Å²) in [7, 11) is 1.44. The molecule has 1 unspecified atom stereocenters. The summed E-state index contributed by atoms with van der Waals surface area (Å²) < 4.78 is 4.84. The van der Waals surface area contributed by atoms with Crippen molar-refractivity contribution in [3.8, 4) is 0 Å². The number of hydrogen-bond acceptors (Lipinski definition) is 6. The Morgan fingerprint density at radius 3 is 2.74 bits per heavy atom. The number of aliphatic hydroxyl groups excluding tert-OH is 1. The summed E-state index contributed by atoms with van der Waals surface area (Å²) in [6, 6.07) is 2.99. The molecule has 0 aliphatic carbocycles. The highest BCUT2D eigenvalue weighted by molar-refractivity contribution is 5.89. The highest BCUT2D eigenvalue weighted by atomic mass is 16.6. The standard InChI is InChI=1S/C11H14N2O6/c1-19-6-8(5-14)12-9-3-2-7(11(15)16)4-10(9)13(17)18/h2-4,8,12,14H,5-6H2,1H3,(H,15,16). The summed E-state index contributed by atoms with van der Waals surface area (Å²) in [4.78, 5) is 21.0. The van der Waals surface area contributed by atoms with Gasteiger partial charge in [-0.1, -0.05) is 0 Å². The molecule has 0 aliphatic heterocycles. The average molecular weight is 270 g/mol. The molecule has 1 aromatic carbocycles. The van der Waals surface area contributed by atoms with Gasteiger partial charge >= 0.3 is 5.97 Å². The molecular weight excluding hydrogens is 256 g/mol. The minimum absolute atomic E-state index is 0.131. The molecule has 0 aromatic heterocycles. The highest BCUT2D eigenvalue weighted by Gasteiger charge is 2.19. The third-order valence-electron chi connectivity index (χ3n) is 2.39. The number of benzene rings is 1. The lowest BCUT2D eigenvalue weighted by Crippen LogP contribution is -2.29. The first-order valence-electron chi connectivity index (χ1n) is 5.37. The average Bonchev–Trinajstić information content (AvgIpc) is 2.37. The molecule has 8 nitrogen and oxygen atoms in total. The van der Waals surface area contributed by atoms with Gasteiger partial charge in [0.1, 0.15) is 5.69 Å². The van der Waals surface area contributed by atoms with E-state index in [9.17, 15) is 14.9 Å². The molecular formula is C11H14N2O6. The van der Waals surface area contributed by atoms with Crippen molar-refractivity contribution in [2.24, 2.45) is 0 Å². The molecule has 3 N–H and O–H groups in total. The number of carboxylic acids is 1. The Hall–Kier alpha value is -2.19. The quantitative estimate of drug-likeness (QED) is 0.492. The van der Waals surface area contributed by atoms with Gasteiger partial charge in [-0.15, -0.1) is 0 Å². The van der Waals surface area contributed by atoms with E-state index in [0.29, 0.717) is 0 Å². The van der Waals surface area contributed by atoms with Crippen LogP contribution in [0.25, 0.3) is 0 Å². The van der Waals surface area contributed by atoms with Crippen LogP contribution in [-0.2, 0) is 4.74 Å². The number of methoxy groups -OCH3 is 1. The second-order valence-electron chi connectivity index (χ2n) is 3.77. The van der Waals surface area contributed by atoms with Gasteiger partial charge in [0.25, 0.3) is 5.69 Å². The molecule has 0 bridgehead atoms. The van der Waals surface area contributed by atoms with Crippen LogP contribution in [0.3, 0.4) is 0 Å². The molecule has 0 spiro atoms. The first-order chi connectivity index (χ1) is 8.99. The van der Waals surface area contributed by atoms with E-state index < -0.39 is 16.9 Å². The monoisotopic (exact) mass is 270 g/mol. The van der Waals surface area contributed by atoms with Crippen molar-refractivity contribution >= 4 is 17.3 Å². The molecule has 1 rings (SSSR count). The smallest absolute Gasteiger partial charge is 0.335 e. The summed E-state index contributed by atoms with van der Waals surface area (Å²) >= 11 is 0. The second kappa shape index (κ2) is 6.66. The molecule has 8 heteroatoms. The van der Waals surface area contributed by atoms with Crippen molar-refractivity contribution in [1.82, 2.24) is 0 Å². The lowest BCUT2D eigenvalue weighted by Gasteiger charge is -2.16. The number of aliphatic hydroxyl groups is 1. The van der Waals surface area contributed by atoms with Crippen LogP contribution in [0.1, 0.15) is 10.4 Å². The zero-order valence-electron chi connectivity index (χ0n) is 10.2. The molecule has 19 heavy (non-hydrogen) atoms. The number of nitro benzene ring substituents is 1. The number of carbonyl (C=O) groups is 1. The molecule has 1 aromatic rings. The first kappa shape index (κ1) is 14.9. The van der Waals surface area contributed by atoms with Crippen LogP contribution in [0.5, 0.6) is 0 Å². The fourth-order valence-corrected chi connectivity index (χ4v) is 1.50. The largest absolute Gasteiger partial charge is 0.478 e. The SMILES string of the molecule is COCC(CO)Nc1ccc(C(=O)O)cc1[N+](=O)[O-]. The predicted octanol–water partition coefficient (Wildman–Crippen LogP) is 0.712. The molecule has 1 atom stereocenters. The number of ether oxygens (including phenoxy) is 1. The van der Waals surface area contributed by atoms with Crippen molar-refractivity contribution < 1.29 is 24.7 Å². The molecule has 0 fully saturated rings. The van der Waals surface area contributed by atoms with E-state index in [2.05, 4.69) is 5.32 Å². The Kier molecular flexibility index (Phi) is 5.22. The van der Waals surface area contributed by atoms with E-state index >= 15 is 0 Å². The predicted molar refractivity (Wildman–Crippen MR) is 66.4 cm³/mol. The number of aromatic carboxylic acids is 1. The summed E-state index contributed by atoms with van der Waals surface area (Å²) in [6.07, 6.45) is 0. The van der Waals surface area contributed by atoms with E-state index in [0.717, 1.165) is 6.07 Å². The van der Waals surface area contributed by atoms with Gasteiger partial charge < -0.3 is 20.3 Å². The fourth-order valence-electron chi connectivity index (χ4n) is 1.50. The van der Waals surface area contributed by atoms with Gasteiger partial charge in [-0.25, -0.2) is 4.79 Å². The number of nitrogens with one attached hydrogen (secondary N) is 1. The van der Waals surface area contributed by atoms with E-state index in [1.807, 2.05) is 0 Å². The van der Waals surface area contributed by atoms with Gasteiger partial charge in [-0.3, -0.25) is 10.1 Å². The van der Waals surface area contributed by atoms with E-state index in [1.165, 1.54) is 19.2 Å². The van der Waals surface area contributed by atoms with Gasteiger partial charge in [0.15, 0.2) is 0 Å².